The fraction of sp³-hybridized carbons (Fsp3) is 0.300. The van der Waals surface area contributed by atoms with Gasteiger partial charge in [-0.1, -0.05) is 6.08 Å². The SMILES string of the molecule is CN1CCC(C(=O)Nc2cncc(-c3cnc4[nH]nc(-c5nc6c(C7C=CC=NC7)cncc6n5C)c4c3)c2)CC1. The van der Waals surface area contributed by atoms with Gasteiger partial charge in [0.25, 0.3) is 0 Å². The number of piperidine rings is 1. The van der Waals surface area contributed by atoms with Crippen molar-refractivity contribution in [2.45, 2.75) is 18.8 Å². The molecule has 1 fully saturated rings. The lowest BCUT2D eigenvalue weighted by Crippen LogP contribution is -2.35. The number of pyridine rings is 3. The van der Waals surface area contributed by atoms with E-state index in [9.17, 15) is 4.79 Å². The number of dihydropyridines is 1. The quantitative estimate of drug-likeness (QED) is 0.341. The first kappa shape index (κ1) is 25.2. The number of carbonyl (C=O) groups excluding carboxylic acids is 1. The fourth-order valence-corrected chi connectivity index (χ4v) is 5.70. The monoisotopic (exact) mass is 546 g/mol. The molecule has 0 saturated carbocycles. The number of imidazole rings is 1. The topological polar surface area (TPSA) is 130 Å². The molecule has 0 aromatic carbocycles. The number of nitrogens with zero attached hydrogens (tertiary/aromatic N) is 8. The van der Waals surface area contributed by atoms with Crippen molar-refractivity contribution in [2.75, 3.05) is 32.0 Å². The first-order valence-electron chi connectivity index (χ1n) is 13.8. The summed E-state index contributed by atoms with van der Waals surface area (Å²) in [6.45, 7) is 2.54. The molecule has 41 heavy (non-hydrogen) atoms. The normalized spacial score (nSPS) is 18.0. The van der Waals surface area contributed by atoms with E-state index >= 15 is 0 Å². The van der Waals surface area contributed by atoms with E-state index in [0.29, 0.717) is 23.6 Å². The van der Waals surface area contributed by atoms with Crippen molar-refractivity contribution in [1.82, 2.24) is 39.6 Å². The molecule has 0 radical (unpaired) electrons. The summed E-state index contributed by atoms with van der Waals surface area (Å²) < 4.78 is 2.02. The van der Waals surface area contributed by atoms with Gasteiger partial charge in [0.05, 0.1) is 34.5 Å². The lowest BCUT2D eigenvalue weighted by atomic mass is 9.96. The lowest BCUT2D eigenvalue weighted by Gasteiger charge is -2.28. The van der Waals surface area contributed by atoms with Crippen LogP contribution >= 0.6 is 0 Å². The van der Waals surface area contributed by atoms with Crippen molar-refractivity contribution in [2.24, 2.45) is 18.0 Å². The molecule has 0 bridgehead atoms. The highest BCUT2D eigenvalue weighted by Gasteiger charge is 2.24. The molecule has 2 aliphatic rings. The Morgan fingerprint density at radius 1 is 1.02 bits per heavy atom. The average Bonchev–Trinajstić information content (AvgIpc) is 3.58. The lowest BCUT2D eigenvalue weighted by molar-refractivity contribution is -0.121. The maximum Gasteiger partial charge on any atom is 0.227 e. The predicted octanol–water partition coefficient (Wildman–Crippen LogP) is 3.97. The number of aliphatic imine (C=N–C) groups is 1. The van der Waals surface area contributed by atoms with Crippen LogP contribution in [0.15, 0.2) is 60.3 Å². The molecule has 5 aromatic rings. The van der Waals surface area contributed by atoms with E-state index in [1.54, 1.807) is 18.6 Å². The van der Waals surface area contributed by atoms with Crippen LogP contribution in [0.5, 0.6) is 0 Å². The molecule has 0 spiro atoms. The van der Waals surface area contributed by atoms with E-state index in [1.165, 1.54) is 0 Å². The molecular formula is C30H30N10O. The van der Waals surface area contributed by atoms with Gasteiger partial charge in [0.1, 0.15) is 5.69 Å². The summed E-state index contributed by atoms with van der Waals surface area (Å²) in [4.78, 5) is 38.1. The summed E-state index contributed by atoms with van der Waals surface area (Å²) in [6.07, 6.45) is 16.6. The molecule has 1 saturated heterocycles. The second-order valence-electron chi connectivity index (χ2n) is 10.8. The second-order valence-corrected chi connectivity index (χ2v) is 10.8. The molecule has 7 heterocycles. The number of amides is 1. The zero-order chi connectivity index (χ0) is 27.9. The number of H-pyrrole nitrogens is 1. The van der Waals surface area contributed by atoms with E-state index in [-0.39, 0.29) is 17.7 Å². The molecular weight excluding hydrogens is 516 g/mol. The maximum atomic E-state index is 12.9. The first-order chi connectivity index (χ1) is 20.0. The van der Waals surface area contributed by atoms with Gasteiger partial charge in [-0.25, -0.2) is 9.97 Å². The van der Waals surface area contributed by atoms with Gasteiger partial charge in [-0.3, -0.25) is 24.9 Å². The summed E-state index contributed by atoms with van der Waals surface area (Å²) in [5, 5.41) is 11.6. The molecule has 0 aliphatic carbocycles. The van der Waals surface area contributed by atoms with Crippen molar-refractivity contribution >= 4 is 39.9 Å². The van der Waals surface area contributed by atoms with Crippen LogP contribution in [-0.4, -0.2) is 78.4 Å². The summed E-state index contributed by atoms with van der Waals surface area (Å²) in [5.74, 6) is 0.920. The second kappa shape index (κ2) is 10.3. The molecule has 1 atom stereocenters. The van der Waals surface area contributed by atoms with Crippen LogP contribution in [0.25, 0.3) is 44.7 Å². The Balaban J connectivity index is 1.22. The molecule has 206 valence electrons. The van der Waals surface area contributed by atoms with Crippen LogP contribution in [0.2, 0.25) is 0 Å². The molecule has 5 aromatic heterocycles. The molecule has 1 unspecified atom stereocenters. The largest absolute Gasteiger partial charge is 0.324 e. The van der Waals surface area contributed by atoms with Gasteiger partial charge in [-0.15, -0.1) is 0 Å². The van der Waals surface area contributed by atoms with Gasteiger partial charge >= 0.3 is 0 Å². The van der Waals surface area contributed by atoms with Crippen molar-refractivity contribution in [3.8, 4) is 22.6 Å². The van der Waals surface area contributed by atoms with Gasteiger partial charge in [0, 0.05) is 66.9 Å². The maximum absolute atomic E-state index is 12.9. The molecule has 1 amide bonds. The third-order valence-corrected chi connectivity index (χ3v) is 8.12. The number of anilines is 1. The Morgan fingerprint density at radius 3 is 2.68 bits per heavy atom. The number of nitrogens with one attached hydrogen (secondary N) is 2. The minimum atomic E-state index is 0.0206. The van der Waals surface area contributed by atoms with Crippen LogP contribution in [-0.2, 0) is 11.8 Å². The summed E-state index contributed by atoms with van der Waals surface area (Å²) in [7, 11) is 4.07. The molecule has 11 nitrogen and oxygen atoms in total. The van der Waals surface area contributed by atoms with Crippen molar-refractivity contribution in [3.63, 3.8) is 0 Å². The Bertz CT molecular complexity index is 1830. The van der Waals surface area contributed by atoms with Crippen LogP contribution < -0.4 is 5.32 Å². The minimum Gasteiger partial charge on any atom is -0.324 e. The van der Waals surface area contributed by atoms with Gasteiger partial charge < -0.3 is 14.8 Å². The van der Waals surface area contributed by atoms with Crippen LogP contribution in [0.3, 0.4) is 0 Å². The zero-order valence-corrected chi connectivity index (χ0v) is 22.9. The first-order valence-corrected chi connectivity index (χ1v) is 13.8. The van der Waals surface area contributed by atoms with Gasteiger partial charge in [0.15, 0.2) is 11.5 Å². The Labute approximate surface area is 236 Å². The van der Waals surface area contributed by atoms with Crippen molar-refractivity contribution < 1.29 is 4.79 Å². The number of hydrogen-bond donors (Lipinski definition) is 2. The van der Waals surface area contributed by atoms with Gasteiger partial charge in [-0.2, -0.15) is 5.10 Å². The number of aryl methyl sites for hydroxylation is 1. The smallest absolute Gasteiger partial charge is 0.227 e. The summed E-state index contributed by atoms with van der Waals surface area (Å²) >= 11 is 0. The van der Waals surface area contributed by atoms with Crippen molar-refractivity contribution in [3.05, 3.63) is 60.8 Å². The number of aromatic nitrogens is 7. The van der Waals surface area contributed by atoms with E-state index in [2.05, 4.69) is 53.5 Å². The minimum absolute atomic E-state index is 0.0206. The van der Waals surface area contributed by atoms with Crippen LogP contribution in [0.1, 0.15) is 24.3 Å². The highest BCUT2D eigenvalue weighted by molar-refractivity contribution is 5.95. The van der Waals surface area contributed by atoms with E-state index in [4.69, 9.17) is 4.98 Å². The van der Waals surface area contributed by atoms with Gasteiger partial charge in [0.2, 0.25) is 5.91 Å². The Morgan fingerprint density at radius 2 is 1.85 bits per heavy atom. The van der Waals surface area contributed by atoms with Gasteiger partial charge in [-0.05, 0) is 51.2 Å². The summed E-state index contributed by atoms with van der Waals surface area (Å²) in [5.41, 5.74) is 6.63. The number of carbonyl (C=O) groups is 1. The number of fused-ring (bicyclic) bond motifs is 2. The molecule has 2 N–H and O–H groups in total. The van der Waals surface area contributed by atoms with E-state index < -0.39 is 0 Å². The van der Waals surface area contributed by atoms with Crippen molar-refractivity contribution in [1.29, 1.82) is 0 Å². The van der Waals surface area contributed by atoms with Crippen LogP contribution in [0, 0.1) is 5.92 Å². The number of aromatic amines is 1. The third kappa shape index (κ3) is 4.67. The standard InChI is InChI=1S/C30H30N10O/c1-39-8-5-18(6-9-39)30(41)35-22-10-20(13-32-15-22)21-11-23-27(37-38-28(23)34-14-21)29-36-26-24(19-4-3-7-31-12-19)16-33-17-25(26)40(29)2/h3-4,7,10-11,13-19H,5-6,8-9,12H2,1-2H3,(H,35,41)(H,34,37,38). The Hall–Kier alpha value is -4.77. The number of rotatable bonds is 5. The average molecular weight is 547 g/mol. The number of likely N-dealkylation sites (tertiary alicyclic amines) is 1. The van der Waals surface area contributed by atoms with Crippen LogP contribution in [0.4, 0.5) is 5.69 Å². The zero-order valence-electron chi connectivity index (χ0n) is 22.9. The summed E-state index contributed by atoms with van der Waals surface area (Å²) in [6, 6.07) is 3.98. The predicted molar refractivity (Wildman–Crippen MR) is 159 cm³/mol. The highest BCUT2D eigenvalue weighted by atomic mass is 16.1. The third-order valence-electron chi connectivity index (χ3n) is 8.12. The Kier molecular flexibility index (Phi) is 6.35. The highest BCUT2D eigenvalue weighted by Crippen LogP contribution is 2.33. The number of allylic oxidation sites excluding steroid dienone is 1. The van der Waals surface area contributed by atoms with E-state index in [0.717, 1.165) is 64.9 Å². The molecule has 2 aliphatic heterocycles. The number of hydrogen-bond acceptors (Lipinski definition) is 8. The fourth-order valence-electron chi connectivity index (χ4n) is 5.70. The van der Waals surface area contributed by atoms with E-state index in [1.807, 2.05) is 48.4 Å². The molecule has 7 rings (SSSR count). The molecule has 11 heteroatoms.